The number of rotatable bonds is 4. The third-order valence-corrected chi connectivity index (χ3v) is 4.86. The van der Waals surface area contributed by atoms with Gasteiger partial charge in [0.15, 0.2) is 5.82 Å². The molecule has 0 saturated heterocycles. The van der Waals surface area contributed by atoms with Crippen LogP contribution in [0.15, 0.2) is 53.0 Å². The number of anilines is 3. The highest BCUT2D eigenvalue weighted by molar-refractivity contribution is 9.10. The molecule has 0 saturated carbocycles. The predicted molar refractivity (Wildman–Crippen MR) is 112 cm³/mol. The minimum absolute atomic E-state index is 0.447. The number of pyridine rings is 1. The van der Waals surface area contributed by atoms with E-state index in [0.717, 1.165) is 37.8 Å². The zero-order valence-corrected chi connectivity index (χ0v) is 16.5. The second kappa shape index (κ2) is 6.92. The van der Waals surface area contributed by atoms with E-state index in [9.17, 15) is 0 Å². The number of benzene rings is 2. The summed E-state index contributed by atoms with van der Waals surface area (Å²) in [4.78, 5) is 4.62. The number of H-pyrrole nitrogens is 1. The molecular weight excluding hydrogens is 406 g/mol. The van der Waals surface area contributed by atoms with Gasteiger partial charge in [-0.15, -0.1) is 0 Å². The van der Waals surface area contributed by atoms with Gasteiger partial charge in [0, 0.05) is 32.6 Å². The Balaban J connectivity index is 1.99. The van der Waals surface area contributed by atoms with Gasteiger partial charge in [0.05, 0.1) is 7.11 Å². The number of aromatic nitrogens is 3. The summed E-state index contributed by atoms with van der Waals surface area (Å²) in [5.74, 6) is 2.53. The highest BCUT2D eigenvalue weighted by atomic mass is 79.9. The molecule has 0 atom stereocenters. The van der Waals surface area contributed by atoms with Crippen molar-refractivity contribution in [1.29, 1.82) is 0 Å². The average Bonchev–Trinajstić information content (AvgIpc) is 3.07. The maximum Gasteiger partial charge on any atom is 0.153 e. The Morgan fingerprint density at radius 2 is 1.85 bits per heavy atom. The van der Waals surface area contributed by atoms with Crippen LogP contribution < -0.4 is 15.8 Å². The van der Waals surface area contributed by atoms with Gasteiger partial charge in [-0.1, -0.05) is 28.1 Å². The molecule has 2 heterocycles. The quantitative estimate of drug-likeness (QED) is 0.428. The van der Waals surface area contributed by atoms with Crippen LogP contribution >= 0.6 is 15.9 Å². The maximum absolute atomic E-state index is 6.25. The van der Waals surface area contributed by atoms with E-state index in [-0.39, 0.29) is 0 Å². The fourth-order valence-corrected chi connectivity index (χ4v) is 3.31. The van der Waals surface area contributed by atoms with Gasteiger partial charge >= 0.3 is 0 Å². The van der Waals surface area contributed by atoms with Crippen molar-refractivity contribution in [2.24, 2.45) is 0 Å². The van der Waals surface area contributed by atoms with Crippen molar-refractivity contribution in [3.63, 3.8) is 0 Å². The standard InChI is InChI=1S/C20H18BrN5O/c1-11-9-17(26-25-11)23-20-18(12-3-5-13(21)6-4-12)16-10-14(27-2)7-8-15(16)19(22)24-20/h3-10H,1-2H3,(H4,22,23,24,25,26). The van der Waals surface area contributed by atoms with E-state index in [4.69, 9.17) is 10.5 Å². The van der Waals surface area contributed by atoms with Gasteiger partial charge in [-0.2, -0.15) is 5.10 Å². The van der Waals surface area contributed by atoms with Gasteiger partial charge < -0.3 is 15.8 Å². The van der Waals surface area contributed by atoms with Crippen molar-refractivity contribution in [1.82, 2.24) is 15.2 Å². The number of hydrogen-bond donors (Lipinski definition) is 3. The van der Waals surface area contributed by atoms with Crippen molar-refractivity contribution >= 4 is 44.2 Å². The Kier molecular flexibility index (Phi) is 4.45. The van der Waals surface area contributed by atoms with E-state index in [1.165, 1.54) is 0 Å². The third-order valence-electron chi connectivity index (χ3n) is 4.33. The molecule has 7 heteroatoms. The van der Waals surface area contributed by atoms with Crippen molar-refractivity contribution in [2.45, 2.75) is 6.92 Å². The van der Waals surface area contributed by atoms with Crippen molar-refractivity contribution in [2.75, 3.05) is 18.2 Å². The van der Waals surface area contributed by atoms with E-state index in [0.29, 0.717) is 17.5 Å². The van der Waals surface area contributed by atoms with E-state index in [1.807, 2.05) is 55.5 Å². The zero-order valence-electron chi connectivity index (χ0n) is 14.9. The molecule has 0 unspecified atom stereocenters. The zero-order chi connectivity index (χ0) is 19.0. The summed E-state index contributed by atoms with van der Waals surface area (Å²) in [5.41, 5.74) is 9.16. The SMILES string of the molecule is COc1ccc2c(N)nc(Nc3cc(C)[nH]n3)c(-c3ccc(Br)cc3)c2c1. The Hall–Kier alpha value is -3.06. The number of halogens is 1. The number of aromatic amines is 1. The van der Waals surface area contributed by atoms with Crippen LogP contribution in [0.4, 0.5) is 17.5 Å². The molecule has 0 bridgehead atoms. The first-order valence-electron chi connectivity index (χ1n) is 8.37. The molecule has 27 heavy (non-hydrogen) atoms. The van der Waals surface area contributed by atoms with E-state index in [2.05, 4.69) is 36.4 Å². The summed E-state index contributed by atoms with van der Waals surface area (Å²) >= 11 is 3.49. The predicted octanol–water partition coefficient (Wildman–Crippen LogP) is 5.03. The summed E-state index contributed by atoms with van der Waals surface area (Å²) < 4.78 is 6.44. The third kappa shape index (κ3) is 3.33. The summed E-state index contributed by atoms with van der Waals surface area (Å²) in [6, 6.07) is 15.8. The smallest absolute Gasteiger partial charge is 0.153 e. The molecule has 4 rings (SSSR count). The second-order valence-corrected chi connectivity index (χ2v) is 7.12. The van der Waals surface area contributed by atoms with Gasteiger partial charge in [-0.05, 0) is 42.8 Å². The lowest BCUT2D eigenvalue weighted by atomic mass is 9.98. The Morgan fingerprint density at radius 1 is 1.07 bits per heavy atom. The van der Waals surface area contributed by atoms with Gasteiger partial charge in [0.2, 0.25) is 0 Å². The summed E-state index contributed by atoms with van der Waals surface area (Å²) in [5, 5.41) is 12.3. The first-order valence-corrected chi connectivity index (χ1v) is 9.16. The Labute approximate surface area is 164 Å². The first kappa shape index (κ1) is 17.4. The number of methoxy groups -OCH3 is 1. The Bertz CT molecular complexity index is 1120. The van der Waals surface area contributed by atoms with Crippen LogP contribution in [0.2, 0.25) is 0 Å². The number of nitrogens with zero attached hydrogens (tertiary/aromatic N) is 2. The molecule has 0 aliphatic rings. The lowest BCUT2D eigenvalue weighted by Gasteiger charge is -2.16. The highest BCUT2D eigenvalue weighted by Crippen LogP contribution is 2.39. The van der Waals surface area contributed by atoms with Crippen molar-refractivity contribution < 1.29 is 4.74 Å². The highest BCUT2D eigenvalue weighted by Gasteiger charge is 2.16. The molecule has 6 nitrogen and oxygen atoms in total. The van der Waals surface area contributed by atoms with Gasteiger partial charge in [-0.25, -0.2) is 4.98 Å². The molecule has 2 aromatic carbocycles. The average molecular weight is 424 g/mol. The van der Waals surface area contributed by atoms with Crippen molar-refractivity contribution in [3.8, 4) is 16.9 Å². The molecule has 4 aromatic rings. The molecule has 0 spiro atoms. The van der Waals surface area contributed by atoms with Gasteiger partial charge in [0.25, 0.3) is 0 Å². The monoisotopic (exact) mass is 423 g/mol. The fraction of sp³-hybridized carbons (Fsp3) is 0.100. The minimum atomic E-state index is 0.447. The van der Waals surface area contributed by atoms with Crippen molar-refractivity contribution in [3.05, 3.63) is 58.7 Å². The first-order chi connectivity index (χ1) is 13.0. The molecule has 0 aliphatic carbocycles. The van der Waals surface area contributed by atoms with Crippen LogP contribution in [0.1, 0.15) is 5.69 Å². The van der Waals surface area contributed by atoms with Crippen LogP contribution in [0, 0.1) is 6.92 Å². The molecule has 0 aliphatic heterocycles. The van der Waals surface area contributed by atoms with Crippen LogP contribution in [0.25, 0.3) is 21.9 Å². The minimum Gasteiger partial charge on any atom is -0.497 e. The number of nitrogens with two attached hydrogens (primary N) is 1. The van der Waals surface area contributed by atoms with Gasteiger partial charge in [0.1, 0.15) is 17.4 Å². The number of aryl methyl sites for hydroxylation is 1. The summed E-state index contributed by atoms with van der Waals surface area (Å²) in [6.45, 7) is 1.95. The van der Waals surface area contributed by atoms with E-state index in [1.54, 1.807) is 7.11 Å². The molecule has 136 valence electrons. The molecule has 0 radical (unpaired) electrons. The van der Waals surface area contributed by atoms with E-state index < -0.39 is 0 Å². The second-order valence-electron chi connectivity index (χ2n) is 6.20. The van der Waals surface area contributed by atoms with Crippen LogP contribution in [-0.2, 0) is 0 Å². The molecular formula is C20H18BrN5O. The normalized spacial score (nSPS) is 10.9. The van der Waals surface area contributed by atoms with E-state index >= 15 is 0 Å². The van der Waals surface area contributed by atoms with Crippen LogP contribution in [0.3, 0.4) is 0 Å². The number of ether oxygens (including phenoxy) is 1. The lowest BCUT2D eigenvalue weighted by Crippen LogP contribution is -2.02. The molecule has 0 amide bonds. The van der Waals surface area contributed by atoms with Gasteiger partial charge in [-0.3, -0.25) is 5.10 Å². The largest absolute Gasteiger partial charge is 0.497 e. The maximum atomic E-state index is 6.25. The molecule has 4 N–H and O–H groups in total. The number of nitrogens with one attached hydrogen (secondary N) is 2. The Morgan fingerprint density at radius 3 is 2.52 bits per heavy atom. The number of fused-ring (bicyclic) bond motifs is 1. The summed E-state index contributed by atoms with van der Waals surface area (Å²) in [7, 11) is 1.65. The molecule has 2 aromatic heterocycles. The number of nitrogen functional groups attached to an aromatic ring is 1. The van der Waals surface area contributed by atoms with Crippen LogP contribution in [0.5, 0.6) is 5.75 Å². The summed E-state index contributed by atoms with van der Waals surface area (Å²) in [6.07, 6.45) is 0. The topological polar surface area (TPSA) is 88.9 Å². The molecule has 0 fully saturated rings. The lowest BCUT2D eigenvalue weighted by molar-refractivity contribution is 0.415. The number of hydrogen-bond acceptors (Lipinski definition) is 5. The fourth-order valence-electron chi connectivity index (χ4n) is 3.05. The van der Waals surface area contributed by atoms with Crippen LogP contribution in [-0.4, -0.2) is 22.3 Å².